The molecule has 1 aromatic heterocycles. The number of carboxylic acids is 1. The van der Waals surface area contributed by atoms with Crippen LogP contribution in [-0.4, -0.2) is 21.6 Å². The molecule has 0 saturated carbocycles. The molecular formula is C13H15N3O3. The third kappa shape index (κ3) is 4.19. The molecule has 0 saturated heterocycles. The number of carbonyl (C=O) groups excluding carboxylic acids is 1. The zero-order chi connectivity index (χ0) is 14.4. The molecule has 0 aliphatic rings. The molecule has 0 fully saturated rings. The Hall–Kier alpha value is -2.76. The maximum Gasteiger partial charge on any atom is 0.352 e. The molecule has 0 atom stereocenters. The van der Waals surface area contributed by atoms with E-state index in [0.29, 0.717) is 16.9 Å². The zero-order valence-electron chi connectivity index (χ0n) is 10.4. The smallest absolute Gasteiger partial charge is 0.352 e. The fourth-order valence-corrected chi connectivity index (χ4v) is 1.33. The minimum Gasteiger partial charge on any atom is -0.477 e. The van der Waals surface area contributed by atoms with Gasteiger partial charge in [0.05, 0.1) is 0 Å². The molecule has 0 bridgehead atoms. The summed E-state index contributed by atoms with van der Waals surface area (Å²) in [6.07, 6.45) is 1.70. The number of carboxylic acid groups (broad SMARTS) is 1. The lowest BCUT2D eigenvalue weighted by molar-refractivity contribution is 0.0686. The number of nitrogen functional groups attached to an aromatic ring is 1. The Labute approximate surface area is 110 Å². The van der Waals surface area contributed by atoms with Crippen molar-refractivity contribution in [2.24, 2.45) is 12.8 Å². The van der Waals surface area contributed by atoms with Crippen molar-refractivity contribution in [3.63, 3.8) is 0 Å². The minimum atomic E-state index is -0.887. The van der Waals surface area contributed by atoms with Crippen molar-refractivity contribution in [1.29, 1.82) is 0 Å². The summed E-state index contributed by atoms with van der Waals surface area (Å²) in [6.45, 7) is 0. The predicted molar refractivity (Wildman–Crippen MR) is 71.7 cm³/mol. The first-order valence-electron chi connectivity index (χ1n) is 5.41. The van der Waals surface area contributed by atoms with E-state index in [2.05, 4.69) is 0 Å². The second kappa shape index (κ2) is 6.25. The van der Waals surface area contributed by atoms with E-state index in [4.69, 9.17) is 16.6 Å². The van der Waals surface area contributed by atoms with Crippen molar-refractivity contribution in [3.05, 3.63) is 53.9 Å². The van der Waals surface area contributed by atoms with Gasteiger partial charge in [0.2, 0.25) is 5.91 Å². The molecule has 6 nitrogen and oxygen atoms in total. The summed E-state index contributed by atoms with van der Waals surface area (Å²) in [6, 6.07) is 9.72. The molecule has 1 amide bonds. The highest BCUT2D eigenvalue weighted by Gasteiger charge is 2.03. The predicted octanol–water partition coefficient (Wildman–Crippen LogP) is 1.09. The molecule has 100 valence electrons. The average Bonchev–Trinajstić information content (AvgIpc) is 2.77. The number of nitrogens with two attached hydrogens (primary N) is 2. The van der Waals surface area contributed by atoms with E-state index in [1.807, 2.05) is 0 Å². The first-order chi connectivity index (χ1) is 8.91. The molecule has 1 aromatic carbocycles. The minimum absolute atomic E-state index is 0.315. The number of nitrogens with zero attached hydrogens (tertiary/aromatic N) is 1. The van der Waals surface area contributed by atoms with E-state index in [-0.39, 0.29) is 0 Å². The fourth-order valence-electron chi connectivity index (χ4n) is 1.33. The summed E-state index contributed by atoms with van der Waals surface area (Å²) in [5, 5.41) is 8.43. The Kier molecular flexibility index (Phi) is 4.70. The third-order valence-corrected chi connectivity index (χ3v) is 2.36. The van der Waals surface area contributed by atoms with Crippen molar-refractivity contribution in [2.45, 2.75) is 0 Å². The molecule has 0 aliphatic carbocycles. The highest BCUT2D eigenvalue weighted by atomic mass is 16.4. The van der Waals surface area contributed by atoms with Crippen LogP contribution >= 0.6 is 0 Å². The zero-order valence-corrected chi connectivity index (χ0v) is 10.4. The number of benzene rings is 1. The van der Waals surface area contributed by atoms with Crippen molar-refractivity contribution >= 4 is 17.6 Å². The number of aromatic nitrogens is 1. The van der Waals surface area contributed by atoms with Crippen molar-refractivity contribution < 1.29 is 14.7 Å². The lowest BCUT2D eigenvalue weighted by Gasteiger charge is -1.93. The second-order valence-corrected chi connectivity index (χ2v) is 3.80. The van der Waals surface area contributed by atoms with Crippen molar-refractivity contribution in [2.75, 3.05) is 5.73 Å². The Bertz CT molecular complexity index is 573. The van der Waals surface area contributed by atoms with E-state index >= 15 is 0 Å². The first kappa shape index (κ1) is 14.3. The van der Waals surface area contributed by atoms with Gasteiger partial charge in [-0.3, -0.25) is 4.79 Å². The number of hydrogen-bond donors (Lipinski definition) is 3. The van der Waals surface area contributed by atoms with Crippen LogP contribution in [0.3, 0.4) is 0 Å². The molecule has 5 N–H and O–H groups in total. The van der Waals surface area contributed by atoms with Crippen LogP contribution in [0, 0.1) is 0 Å². The van der Waals surface area contributed by atoms with Gasteiger partial charge < -0.3 is 21.1 Å². The highest BCUT2D eigenvalue weighted by molar-refractivity contribution is 5.93. The van der Waals surface area contributed by atoms with Gasteiger partial charge in [0.25, 0.3) is 0 Å². The van der Waals surface area contributed by atoms with Gasteiger partial charge in [-0.1, -0.05) is 0 Å². The number of rotatable bonds is 2. The molecule has 6 heteroatoms. The summed E-state index contributed by atoms with van der Waals surface area (Å²) in [5.41, 5.74) is 11.8. The maximum absolute atomic E-state index is 10.5. The Morgan fingerprint density at radius 1 is 1.16 bits per heavy atom. The number of amides is 1. The number of anilines is 1. The lowest BCUT2D eigenvalue weighted by atomic mass is 10.2. The second-order valence-electron chi connectivity index (χ2n) is 3.80. The fraction of sp³-hybridized carbons (Fsp3) is 0.0769. The van der Waals surface area contributed by atoms with Gasteiger partial charge in [-0.15, -0.1) is 0 Å². The summed E-state index contributed by atoms with van der Waals surface area (Å²) in [5.74, 6) is -1.32. The summed E-state index contributed by atoms with van der Waals surface area (Å²) >= 11 is 0. The van der Waals surface area contributed by atoms with Crippen LogP contribution in [0.2, 0.25) is 0 Å². The Morgan fingerprint density at radius 3 is 2.05 bits per heavy atom. The van der Waals surface area contributed by atoms with Gasteiger partial charge in [-0.05, 0) is 36.4 Å². The summed E-state index contributed by atoms with van der Waals surface area (Å²) in [4.78, 5) is 20.8. The number of aryl methyl sites for hydroxylation is 1. The molecular weight excluding hydrogens is 246 g/mol. The van der Waals surface area contributed by atoms with E-state index in [0.717, 1.165) is 0 Å². The molecule has 19 heavy (non-hydrogen) atoms. The number of aromatic carboxylic acids is 1. The van der Waals surface area contributed by atoms with Crippen molar-refractivity contribution in [1.82, 2.24) is 4.57 Å². The standard InChI is InChI=1S/C7H8N2O.C6H7NO2/c8-6-3-1-5(2-4-6)7(9)10;1-7-4-2-3-5(7)6(8)9/h1-4H,8H2,(H2,9,10);2-4H,1H3,(H,8,9). The van der Waals surface area contributed by atoms with Crippen molar-refractivity contribution in [3.8, 4) is 0 Å². The Morgan fingerprint density at radius 2 is 1.74 bits per heavy atom. The quantitative estimate of drug-likeness (QED) is 0.702. The number of primary amides is 1. The first-order valence-corrected chi connectivity index (χ1v) is 5.41. The van der Waals surface area contributed by atoms with Crippen LogP contribution in [0.1, 0.15) is 20.8 Å². The van der Waals surface area contributed by atoms with Gasteiger partial charge in [0, 0.05) is 24.5 Å². The molecule has 1 heterocycles. The molecule has 0 aliphatic heterocycles. The monoisotopic (exact) mass is 261 g/mol. The van der Waals surface area contributed by atoms with E-state index in [9.17, 15) is 9.59 Å². The number of carbonyl (C=O) groups is 2. The molecule has 0 unspecified atom stereocenters. The van der Waals surface area contributed by atoms with Gasteiger partial charge in [-0.2, -0.15) is 0 Å². The van der Waals surface area contributed by atoms with Crippen LogP contribution in [0.4, 0.5) is 5.69 Å². The van der Waals surface area contributed by atoms with Gasteiger partial charge >= 0.3 is 5.97 Å². The lowest BCUT2D eigenvalue weighted by Crippen LogP contribution is -2.10. The Balaban J connectivity index is 0.000000191. The highest BCUT2D eigenvalue weighted by Crippen LogP contribution is 2.03. The van der Waals surface area contributed by atoms with Gasteiger partial charge in [-0.25, -0.2) is 4.79 Å². The van der Waals surface area contributed by atoms with Gasteiger partial charge in [0.1, 0.15) is 5.69 Å². The van der Waals surface area contributed by atoms with Crippen LogP contribution in [0.5, 0.6) is 0 Å². The topological polar surface area (TPSA) is 111 Å². The molecule has 0 spiro atoms. The van der Waals surface area contributed by atoms with E-state index in [1.54, 1.807) is 54.2 Å². The molecule has 2 aromatic rings. The number of hydrogen-bond acceptors (Lipinski definition) is 3. The summed E-state index contributed by atoms with van der Waals surface area (Å²) in [7, 11) is 1.70. The normalized spacial score (nSPS) is 9.32. The summed E-state index contributed by atoms with van der Waals surface area (Å²) < 4.78 is 1.56. The largest absolute Gasteiger partial charge is 0.477 e. The average molecular weight is 261 g/mol. The van der Waals surface area contributed by atoms with E-state index < -0.39 is 11.9 Å². The van der Waals surface area contributed by atoms with Crippen LogP contribution in [0.25, 0.3) is 0 Å². The van der Waals surface area contributed by atoms with Crippen LogP contribution in [0.15, 0.2) is 42.6 Å². The SMILES string of the molecule is Cn1cccc1C(=O)O.NC(=O)c1ccc(N)cc1. The van der Waals surface area contributed by atoms with Crippen LogP contribution in [-0.2, 0) is 7.05 Å². The molecule has 0 radical (unpaired) electrons. The maximum atomic E-state index is 10.5. The van der Waals surface area contributed by atoms with Gasteiger partial charge in [0.15, 0.2) is 0 Å². The third-order valence-electron chi connectivity index (χ3n) is 2.36. The van der Waals surface area contributed by atoms with Crippen LogP contribution < -0.4 is 11.5 Å². The van der Waals surface area contributed by atoms with E-state index in [1.165, 1.54) is 0 Å². The molecule has 2 rings (SSSR count).